The molecule has 0 bridgehead atoms. The first-order chi connectivity index (χ1) is 11.9. The Morgan fingerprint density at radius 2 is 1.58 bits per heavy atom. The molecule has 0 radical (unpaired) electrons. The van der Waals surface area contributed by atoms with Gasteiger partial charge in [-0.2, -0.15) is 0 Å². The fraction of sp³-hybridized carbons (Fsp3) is 0.833. The minimum Gasteiger partial charge on any atom is -0.467 e. The highest BCUT2D eigenvalue weighted by atomic mass is 16.6. The maximum absolute atomic E-state index is 13.0. The number of aliphatic hydroxyl groups excluding tert-OH is 1. The molecule has 0 saturated carbocycles. The van der Waals surface area contributed by atoms with Gasteiger partial charge >= 0.3 is 12.1 Å². The molecule has 26 heavy (non-hydrogen) atoms. The highest BCUT2D eigenvalue weighted by Crippen LogP contribution is 2.18. The molecule has 0 aliphatic rings. The van der Waals surface area contributed by atoms with E-state index < -0.39 is 35.7 Å². The quantitative estimate of drug-likeness (QED) is 0.649. The molecule has 1 N–H and O–H groups in total. The molecular weight excluding hydrogens is 340 g/mol. The molecule has 152 valence electrons. The first kappa shape index (κ1) is 24.2. The molecule has 0 aromatic carbocycles. The third-order valence-corrected chi connectivity index (χ3v) is 3.82. The van der Waals surface area contributed by atoms with Crippen molar-refractivity contribution >= 4 is 18.0 Å². The predicted molar refractivity (Wildman–Crippen MR) is 97.5 cm³/mol. The molecule has 0 aliphatic carbocycles. The maximum Gasteiger partial charge on any atom is 0.410 e. The van der Waals surface area contributed by atoms with E-state index in [2.05, 4.69) is 0 Å². The summed E-state index contributed by atoms with van der Waals surface area (Å²) >= 11 is 0. The van der Waals surface area contributed by atoms with Crippen LogP contribution in [-0.2, 0) is 19.1 Å². The molecule has 0 saturated heterocycles. The summed E-state index contributed by atoms with van der Waals surface area (Å²) in [6.45, 7) is 8.85. The van der Waals surface area contributed by atoms with E-state index in [0.717, 1.165) is 0 Å². The zero-order chi connectivity index (χ0) is 20.7. The lowest BCUT2D eigenvalue weighted by molar-refractivity contribution is -0.154. The normalized spacial score (nSPS) is 13.8. The Morgan fingerprint density at radius 1 is 1.04 bits per heavy atom. The van der Waals surface area contributed by atoms with Crippen molar-refractivity contribution in [2.75, 3.05) is 27.8 Å². The molecule has 2 amide bonds. The molecule has 0 unspecified atom stereocenters. The van der Waals surface area contributed by atoms with Crippen LogP contribution in [-0.4, -0.2) is 78.4 Å². The predicted octanol–water partition coefficient (Wildman–Crippen LogP) is 1.65. The van der Waals surface area contributed by atoms with Gasteiger partial charge in [-0.25, -0.2) is 9.59 Å². The van der Waals surface area contributed by atoms with Crippen LogP contribution < -0.4 is 0 Å². The van der Waals surface area contributed by atoms with E-state index in [-0.39, 0.29) is 18.9 Å². The van der Waals surface area contributed by atoms with Crippen LogP contribution in [0.2, 0.25) is 0 Å². The number of hydrogen-bond donors (Lipinski definition) is 1. The lowest BCUT2D eigenvalue weighted by Crippen LogP contribution is -2.54. The van der Waals surface area contributed by atoms with Crippen LogP contribution in [0.25, 0.3) is 0 Å². The van der Waals surface area contributed by atoms with Crippen LogP contribution >= 0.6 is 0 Å². The van der Waals surface area contributed by atoms with Gasteiger partial charge in [0, 0.05) is 27.1 Å². The van der Waals surface area contributed by atoms with Gasteiger partial charge in [0.05, 0.1) is 7.11 Å². The molecule has 0 aliphatic heterocycles. The van der Waals surface area contributed by atoms with E-state index in [1.807, 2.05) is 13.8 Å². The summed E-state index contributed by atoms with van der Waals surface area (Å²) in [6, 6.07) is -1.71. The fourth-order valence-electron chi connectivity index (χ4n) is 2.45. The Labute approximate surface area is 156 Å². The van der Waals surface area contributed by atoms with Gasteiger partial charge in [-0.05, 0) is 33.1 Å². The fourth-order valence-corrected chi connectivity index (χ4v) is 2.45. The number of amides is 2. The summed E-state index contributed by atoms with van der Waals surface area (Å²) in [5, 5.41) is 9.19. The number of nitrogens with zero attached hydrogens (tertiary/aromatic N) is 2. The van der Waals surface area contributed by atoms with Gasteiger partial charge in [0.25, 0.3) is 0 Å². The number of likely N-dealkylation sites (N-methyl/N-ethyl adjacent to an activating group) is 2. The smallest absolute Gasteiger partial charge is 0.410 e. The second-order valence-electron chi connectivity index (χ2n) is 7.74. The van der Waals surface area contributed by atoms with E-state index in [1.165, 1.54) is 31.0 Å². The van der Waals surface area contributed by atoms with Crippen LogP contribution in [0.1, 0.15) is 47.5 Å². The van der Waals surface area contributed by atoms with Gasteiger partial charge in [-0.15, -0.1) is 0 Å². The van der Waals surface area contributed by atoms with E-state index >= 15 is 0 Å². The van der Waals surface area contributed by atoms with Gasteiger partial charge in [0.2, 0.25) is 5.91 Å². The number of rotatable bonds is 8. The van der Waals surface area contributed by atoms with Crippen molar-refractivity contribution < 1.29 is 29.0 Å². The van der Waals surface area contributed by atoms with Crippen LogP contribution in [0.3, 0.4) is 0 Å². The number of esters is 1. The van der Waals surface area contributed by atoms with Gasteiger partial charge in [0.1, 0.15) is 17.7 Å². The minimum atomic E-state index is -0.917. The minimum absolute atomic E-state index is 0.0550. The van der Waals surface area contributed by atoms with Crippen molar-refractivity contribution in [2.24, 2.45) is 5.92 Å². The first-order valence-electron chi connectivity index (χ1n) is 8.76. The number of ether oxygens (including phenoxy) is 2. The van der Waals surface area contributed by atoms with Crippen molar-refractivity contribution in [1.29, 1.82) is 0 Å². The van der Waals surface area contributed by atoms with E-state index in [1.54, 1.807) is 20.8 Å². The Morgan fingerprint density at radius 3 is 1.96 bits per heavy atom. The molecule has 0 rings (SSSR count). The zero-order valence-electron chi connectivity index (χ0n) is 17.2. The summed E-state index contributed by atoms with van der Waals surface area (Å²) < 4.78 is 10.1. The summed E-state index contributed by atoms with van der Waals surface area (Å²) in [7, 11) is 4.20. The highest BCUT2D eigenvalue weighted by molar-refractivity contribution is 5.89. The zero-order valence-corrected chi connectivity index (χ0v) is 17.2. The monoisotopic (exact) mass is 374 g/mol. The number of methoxy groups -OCH3 is 1. The van der Waals surface area contributed by atoms with Crippen molar-refractivity contribution in [2.45, 2.75) is 65.1 Å². The largest absolute Gasteiger partial charge is 0.467 e. The van der Waals surface area contributed by atoms with E-state index in [9.17, 15) is 19.5 Å². The first-order valence-corrected chi connectivity index (χ1v) is 8.76. The van der Waals surface area contributed by atoms with Crippen LogP contribution in [0.4, 0.5) is 4.79 Å². The van der Waals surface area contributed by atoms with E-state index in [0.29, 0.717) is 6.42 Å². The Balaban J connectivity index is 5.52. The second-order valence-corrected chi connectivity index (χ2v) is 7.74. The van der Waals surface area contributed by atoms with Crippen molar-refractivity contribution in [3.63, 3.8) is 0 Å². The molecule has 2 atom stereocenters. The number of hydrogen-bond acceptors (Lipinski definition) is 6. The van der Waals surface area contributed by atoms with Gasteiger partial charge in [-0.3, -0.25) is 9.69 Å². The van der Waals surface area contributed by atoms with Crippen molar-refractivity contribution in [1.82, 2.24) is 9.80 Å². The molecule has 8 heteroatoms. The average Bonchev–Trinajstić information content (AvgIpc) is 2.53. The molecular formula is C18H34N2O6. The van der Waals surface area contributed by atoms with Crippen molar-refractivity contribution in [3.8, 4) is 0 Å². The lowest BCUT2D eigenvalue weighted by Gasteiger charge is -2.35. The van der Waals surface area contributed by atoms with Gasteiger partial charge in [-0.1, -0.05) is 13.8 Å². The standard InChI is InChI=1S/C18H34N2O6/c1-12(2)11-14(20(7)17(24)26-18(3,4)5)15(22)19(6)13(9-10-21)16(23)25-8/h12-14,21H,9-11H2,1-8H3/t13-,14-/m1/s1. The van der Waals surface area contributed by atoms with Crippen LogP contribution in [0.5, 0.6) is 0 Å². The maximum atomic E-state index is 13.0. The Kier molecular flexibility index (Phi) is 9.62. The second kappa shape index (κ2) is 10.4. The molecule has 0 aromatic heterocycles. The summed E-state index contributed by atoms with van der Waals surface area (Å²) in [5.74, 6) is -0.884. The topological polar surface area (TPSA) is 96.4 Å². The van der Waals surface area contributed by atoms with Crippen LogP contribution in [0.15, 0.2) is 0 Å². The third-order valence-electron chi connectivity index (χ3n) is 3.82. The van der Waals surface area contributed by atoms with Crippen LogP contribution in [0, 0.1) is 5.92 Å². The molecule has 0 aromatic rings. The Hall–Kier alpha value is -1.83. The Bertz CT molecular complexity index is 487. The lowest BCUT2D eigenvalue weighted by atomic mass is 10.0. The molecule has 0 spiro atoms. The highest BCUT2D eigenvalue weighted by Gasteiger charge is 2.36. The number of carbonyl (C=O) groups is 3. The summed E-state index contributed by atoms with van der Waals surface area (Å²) in [4.78, 5) is 39.9. The average molecular weight is 374 g/mol. The summed E-state index contributed by atoms with van der Waals surface area (Å²) in [6.07, 6.45) is -0.146. The number of carbonyl (C=O) groups excluding carboxylic acids is 3. The van der Waals surface area contributed by atoms with Gasteiger partial charge < -0.3 is 19.5 Å². The van der Waals surface area contributed by atoms with Crippen molar-refractivity contribution in [3.05, 3.63) is 0 Å². The molecule has 0 heterocycles. The third kappa shape index (κ3) is 7.59. The SMILES string of the molecule is COC(=O)[C@@H](CCO)N(C)C(=O)[C@@H](CC(C)C)N(C)C(=O)OC(C)(C)C. The molecule has 8 nitrogen and oxygen atoms in total. The molecule has 0 fully saturated rings. The van der Waals surface area contributed by atoms with E-state index in [4.69, 9.17) is 9.47 Å². The summed E-state index contributed by atoms with van der Waals surface area (Å²) in [5.41, 5.74) is -0.686. The number of aliphatic hydroxyl groups is 1. The van der Waals surface area contributed by atoms with Gasteiger partial charge in [0.15, 0.2) is 0 Å².